The molecule has 0 atom stereocenters. The Kier molecular flexibility index (Phi) is 2.67. The Hall–Kier alpha value is -1.10. The van der Waals surface area contributed by atoms with E-state index in [2.05, 4.69) is 26.5 Å². The average molecular weight is 197 g/mol. The Labute approximate surface area is 82.1 Å². The van der Waals surface area contributed by atoms with Gasteiger partial charge in [0.05, 0.1) is 0 Å². The Morgan fingerprint density at radius 2 is 2.29 bits per heavy atom. The highest BCUT2D eigenvalue weighted by atomic mass is 16.5. The molecule has 0 radical (unpaired) electrons. The van der Waals surface area contributed by atoms with Crippen LogP contribution in [-0.4, -0.2) is 34.7 Å². The molecule has 5 heteroatoms. The molecule has 1 aromatic rings. The van der Waals surface area contributed by atoms with Crippen molar-refractivity contribution in [2.75, 3.05) is 19.6 Å². The Bertz CT molecular complexity index is 336. The molecule has 1 aromatic heterocycles. The van der Waals surface area contributed by atoms with Gasteiger partial charge in [-0.1, -0.05) is 12.1 Å². The van der Waals surface area contributed by atoms with E-state index in [4.69, 9.17) is 0 Å². The molecule has 1 N–H and O–H groups in total. The van der Waals surface area contributed by atoms with Crippen molar-refractivity contribution in [3.63, 3.8) is 0 Å². The zero-order valence-corrected chi connectivity index (χ0v) is 8.32. The summed E-state index contributed by atoms with van der Waals surface area (Å²) in [6.07, 6.45) is 2.10. The third kappa shape index (κ3) is 1.87. The highest BCUT2D eigenvalue weighted by molar-refractivity contribution is 4.94. The number of aromatic amines is 1. The molecule has 0 spiro atoms. The molecule has 2 heterocycles. The Morgan fingerprint density at radius 3 is 2.79 bits per heavy atom. The molecule has 0 unspecified atom stereocenters. The summed E-state index contributed by atoms with van der Waals surface area (Å²) in [5.74, 6) is 0.632. The van der Waals surface area contributed by atoms with Crippen LogP contribution in [0.15, 0.2) is 9.32 Å². The Balaban J connectivity index is 1.98. The maximum Gasteiger partial charge on any atom is 0.438 e. The van der Waals surface area contributed by atoms with Crippen molar-refractivity contribution in [3.8, 4) is 0 Å². The normalized spacial score (nSPS) is 20.1. The molecule has 0 saturated carbocycles. The van der Waals surface area contributed by atoms with Crippen molar-refractivity contribution in [3.05, 3.63) is 16.4 Å². The molecule has 1 aliphatic heterocycles. The minimum atomic E-state index is -0.446. The second-order valence-corrected chi connectivity index (χ2v) is 3.69. The lowest BCUT2D eigenvalue weighted by Crippen LogP contribution is -2.33. The summed E-state index contributed by atoms with van der Waals surface area (Å²) in [7, 11) is 0. The number of aromatic nitrogens is 2. The SMILES string of the molecule is CCN1CCC(c2noc(=O)[nH]2)CC1. The van der Waals surface area contributed by atoms with E-state index < -0.39 is 5.76 Å². The molecule has 1 saturated heterocycles. The molecular formula is C9H15N3O2. The number of nitrogens with one attached hydrogen (secondary N) is 1. The summed E-state index contributed by atoms with van der Waals surface area (Å²) in [6, 6.07) is 0. The number of piperidine rings is 1. The largest absolute Gasteiger partial charge is 0.438 e. The van der Waals surface area contributed by atoms with Gasteiger partial charge in [-0.25, -0.2) is 4.79 Å². The van der Waals surface area contributed by atoms with E-state index in [0.29, 0.717) is 11.7 Å². The second kappa shape index (κ2) is 3.96. The first-order valence-electron chi connectivity index (χ1n) is 5.08. The van der Waals surface area contributed by atoms with Gasteiger partial charge < -0.3 is 4.90 Å². The number of hydrogen-bond acceptors (Lipinski definition) is 4. The van der Waals surface area contributed by atoms with Gasteiger partial charge >= 0.3 is 5.76 Å². The highest BCUT2D eigenvalue weighted by Crippen LogP contribution is 2.24. The van der Waals surface area contributed by atoms with E-state index in [1.165, 1.54) is 0 Å². The lowest BCUT2D eigenvalue weighted by atomic mass is 9.96. The standard InChI is InChI=1S/C9H15N3O2/c1-2-12-5-3-7(4-6-12)8-10-9(13)14-11-8/h7H,2-6H2,1H3,(H,10,11,13). The average Bonchev–Trinajstić information content (AvgIpc) is 2.65. The number of H-pyrrole nitrogens is 1. The molecule has 1 aliphatic rings. The molecule has 0 aromatic carbocycles. The zero-order valence-electron chi connectivity index (χ0n) is 8.32. The van der Waals surface area contributed by atoms with Crippen LogP contribution in [0.5, 0.6) is 0 Å². The van der Waals surface area contributed by atoms with Gasteiger partial charge in [0, 0.05) is 5.92 Å². The molecular weight excluding hydrogens is 182 g/mol. The maximum atomic E-state index is 10.8. The van der Waals surface area contributed by atoms with E-state index in [1.807, 2.05) is 0 Å². The molecule has 5 nitrogen and oxygen atoms in total. The predicted octanol–water partition coefficient (Wildman–Crippen LogP) is 0.562. The first-order chi connectivity index (χ1) is 6.79. The number of likely N-dealkylation sites (tertiary alicyclic amines) is 1. The summed E-state index contributed by atoms with van der Waals surface area (Å²) in [5, 5.41) is 3.73. The van der Waals surface area contributed by atoms with Crippen molar-refractivity contribution in [2.45, 2.75) is 25.7 Å². The fraction of sp³-hybridized carbons (Fsp3) is 0.778. The van der Waals surface area contributed by atoms with Crippen molar-refractivity contribution in [2.24, 2.45) is 0 Å². The van der Waals surface area contributed by atoms with Crippen LogP contribution in [0.3, 0.4) is 0 Å². The lowest BCUT2D eigenvalue weighted by molar-refractivity contribution is 0.217. The second-order valence-electron chi connectivity index (χ2n) is 3.69. The number of rotatable bonds is 2. The van der Waals surface area contributed by atoms with Gasteiger partial charge in [-0.05, 0) is 32.5 Å². The van der Waals surface area contributed by atoms with Gasteiger partial charge in [-0.2, -0.15) is 0 Å². The number of nitrogens with zero attached hydrogens (tertiary/aromatic N) is 2. The van der Waals surface area contributed by atoms with Crippen LogP contribution in [0.2, 0.25) is 0 Å². The summed E-state index contributed by atoms with van der Waals surface area (Å²) in [4.78, 5) is 15.8. The van der Waals surface area contributed by atoms with Crippen LogP contribution in [0.4, 0.5) is 0 Å². The molecule has 2 rings (SSSR count). The third-order valence-corrected chi connectivity index (χ3v) is 2.88. The lowest BCUT2D eigenvalue weighted by Gasteiger charge is -2.29. The van der Waals surface area contributed by atoms with E-state index in [0.717, 1.165) is 32.5 Å². The van der Waals surface area contributed by atoms with Gasteiger partial charge in [0.2, 0.25) is 0 Å². The number of hydrogen-bond donors (Lipinski definition) is 1. The van der Waals surface area contributed by atoms with E-state index in [-0.39, 0.29) is 0 Å². The van der Waals surface area contributed by atoms with Gasteiger partial charge in [0.25, 0.3) is 0 Å². The zero-order chi connectivity index (χ0) is 9.97. The van der Waals surface area contributed by atoms with Gasteiger partial charge in [-0.15, -0.1) is 0 Å². The van der Waals surface area contributed by atoms with E-state index in [9.17, 15) is 4.79 Å². The summed E-state index contributed by atoms with van der Waals surface area (Å²) < 4.78 is 4.50. The molecule has 78 valence electrons. The molecule has 1 fully saturated rings. The van der Waals surface area contributed by atoms with Crippen molar-refractivity contribution >= 4 is 0 Å². The summed E-state index contributed by atoms with van der Waals surface area (Å²) in [5.41, 5.74) is 0. The van der Waals surface area contributed by atoms with E-state index in [1.54, 1.807) is 0 Å². The third-order valence-electron chi connectivity index (χ3n) is 2.88. The minimum Gasteiger partial charge on any atom is -0.304 e. The monoisotopic (exact) mass is 197 g/mol. The smallest absolute Gasteiger partial charge is 0.304 e. The van der Waals surface area contributed by atoms with E-state index >= 15 is 0 Å². The summed E-state index contributed by atoms with van der Waals surface area (Å²) >= 11 is 0. The van der Waals surface area contributed by atoms with Crippen LogP contribution < -0.4 is 5.76 Å². The fourth-order valence-electron chi connectivity index (χ4n) is 1.94. The highest BCUT2D eigenvalue weighted by Gasteiger charge is 2.22. The molecule has 0 amide bonds. The van der Waals surface area contributed by atoms with Crippen LogP contribution in [0, 0.1) is 0 Å². The fourth-order valence-corrected chi connectivity index (χ4v) is 1.94. The van der Waals surface area contributed by atoms with Crippen molar-refractivity contribution < 1.29 is 4.52 Å². The van der Waals surface area contributed by atoms with Gasteiger partial charge in [0.1, 0.15) is 0 Å². The predicted molar refractivity (Wildman–Crippen MR) is 51.2 cm³/mol. The van der Waals surface area contributed by atoms with Crippen molar-refractivity contribution in [1.82, 2.24) is 15.0 Å². The topological polar surface area (TPSA) is 62.1 Å². The summed E-state index contributed by atoms with van der Waals surface area (Å²) in [6.45, 7) is 5.42. The quantitative estimate of drug-likeness (QED) is 0.752. The van der Waals surface area contributed by atoms with Crippen molar-refractivity contribution in [1.29, 1.82) is 0 Å². The van der Waals surface area contributed by atoms with Crippen LogP contribution in [0.25, 0.3) is 0 Å². The maximum absolute atomic E-state index is 10.8. The first-order valence-corrected chi connectivity index (χ1v) is 5.08. The van der Waals surface area contributed by atoms with Crippen LogP contribution >= 0.6 is 0 Å². The minimum absolute atomic E-state index is 0.365. The van der Waals surface area contributed by atoms with Gasteiger partial charge in [0.15, 0.2) is 5.82 Å². The van der Waals surface area contributed by atoms with Gasteiger partial charge in [-0.3, -0.25) is 9.51 Å². The first kappa shape index (κ1) is 9.45. The molecule has 14 heavy (non-hydrogen) atoms. The van der Waals surface area contributed by atoms with Crippen LogP contribution in [0.1, 0.15) is 31.5 Å². The van der Waals surface area contributed by atoms with Crippen LogP contribution in [-0.2, 0) is 0 Å². The molecule has 0 aliphatic carbocycles. The Morgan fingerprint density at radius 1 is 1.57 bits per heavy atom. The molecule has 0 bridgehead atoms.